The Balaban J connectivity index is 2.02. The first-order valence-corrected chi connectivity index (χ1v) is 7.86. The van der Waals surface area contributed by atoms with Gasteiger partial charge in [0, 0.05) is 12.6 Å². The van der Waals surface area contributed by atoms with Gasteiger partial charge in [-0.25, -0.2) is 13.6 Å². The Morgan fingerprint density at radius 2 is 2.17 bits per heavy atom. The first-order chi connectivity index (χ1) is 8.47. The quantitative estimate of drug-likeness (QED) is 0.871. The van der Waals surface area contributed by atoms with Crippen molar-refractivity contribution in [2.24, 2.45) is 11.1 Å². The van der Waals surface area contributed by atoms with Crippen molar-refractivity contribution >= 4 is 10.0 Å². The van der Waals surface area contributed by atoms with Crippen LogP contribution in [0.5, 0.6) is 0 Å². The van der Waals surface area contributed by atoms with Gasteiger partial charge in [0.2, 0.25) is 10.0 Å². The molecule has 1 saturated carbocycles. The van der Waals surface area contributed by atoms with Gasteiger partial charge < -0.3 is 5.32 Å². The monoisotopic (exact) mass is 268 g/mol. The summed E-state index contributed by atoms with van der Waals surface area (Å²) in [5.41, 5.74) is 0.959. The van der Waals surface area contributed by atoms with Crippen molar-refractivity contribution in [1.29, 1.82) is 0 Å². The van der Waals surface area contributed by atoms with Crippen LogP contribution in [0, 0.1) is 5.92 Å². The lowest BCUT2D eigenvalue weighted by Gasteiger charge is -2.17. The second-order valence-electron chi connectivity index (χ2n) is 5.09. The highest BCUT2D eigenvalue weighted by molar-refractivity contribution is 7.89. The van der Waals surface area contributed by atoms with Gasteiger partial charge in [0.15, 0.2) is 0 Å². The van der Waals surface area contributed by atoms with Crippen molar-refractivity contribution < 1.29 is 8.42 Å². The molecule has 0 radical (unpaired) electrons. The highest BCUT2D eigenvalue weighted by atomic mass is 32.2. The summed E-state index contributed by atoms with van der Waals surface area (Å²) in [5.74, 6) is 0.700. The Morgan fingerprint density at radius 1 is 1.39 bits per heavy atom. The van der Waals surface area contributed by atoms with Gasteiger partial charge in [-0.05, 0) is 36.5 Å². The summed E-state index contributed by atoms with van der Waals surface area (Å²) in [5, 5.41) is 8.61. The molecule has 1 fully saturated rings. The summed E-state index contributed by atoms with van der Waals surface area (Å²) in [7, 11) is -3.60. The van der Waals surface area contributed by atoms with Gasteiger partial charge in [0.25, 0.3) is 0 Å². The van der Waals surface area contributed by atoms with Crippen LogP contribution in [0.3, 0.4) is 0 Å². The van der Waals surface area contributed by atoms with Crippen LogP contribution in [0.4, 0.5) is 0 Å². The van der Waals surface area contributed by atoms with Crippen molar-refractivity contribution in [2.45, 2.75) is 43.7 Å². The zero-order valence-corrected chi connectivity index (χ0v) is 11.4. The Bertz CT molecular complexity index is 513. The first-order valence-electron chi connectivity index (χ1n) is 6.32. The van der Waals surface area contributed by atoms with Gasteiger partial charge in [-0.15, -0.1) is 0 Å². The van der Waals surface area contributed by atoms with Crippen LogP contribution in [-0.2, 0) is 16.6 Å². The van der Waals surface area contributed by atoms with Crippen LogP contribution in [-0.4, -0.2) is 14.5 Å². The highest BCUT2D eigenvalue weighted by Gasteiger charge is 2.22. The Kier molecular flexibility index (Phi) is 4.04. The fourth-order valence-electron chi connectivity index (χ4n) is 2.53. The fourth-order valence-corrected chi connectivity index (χ4v) is 3.11. The number of benzene rings is 1. The SMILES string of the molecule is CC1CCCC1NCc1cccc(S(N)(=O)=O)c1. The molecule has 0 heterocycles. The average Bonchev–Trinajstić information content (AvgIpc) is 2.72. The van der Waals surface area contributed by atoms with E-state index in [2.05, 4.69) is 12.2 Å². The Hall–Kier alpha value is -0.910. The second kappa shape index (κ2) is 5.38. The standard InChI is InChI=1S/C13H20N2O2S/c1-10-4-2-7-13(10)15-9-11-5-3-6-12(8-11)18(14,16)17/h3,5-6,8,10,13,15H,2,4,7,9H2,1H3,(H2,14,16,17). The Labute approximate surface area is 109 Å². The summed E-state index contributed by atoms with van der Waals surface area (Å²) < 4.78 is 22.5. The third kappa shape index (κ3) is 3.31. The summed E-state index contributed by atoms with van der Waals surface area (Å²) in [6.07, 6.45) is 3.75. The number of rotatable bonds is 4. The lowest BCUT2D eigenvalue weighted by Crippen LogP contribution is -2.30. The van der Waals surface area contributed by atoms with E-state index in [1.54, 1.807) is 12.1 Å². The molecule has 2 rings (SSSR count). The third-order valence-corrected chi connectivity index (χ3v) is 4.57. The minimum Gasteiger partial charge on any atom is -0.310 e. The van der Waals surface area contributed by atoms with Gasteiger partial charge >= 0.3 is 0 Å². The van der Waals surface area contributed by atoms with Gasteiger partial charge in [-0.2, -0.15) is 0 Å². The maximum absolute atomic E-state index is 11.3. The first kappa shape index (κ1) is 13.5. The van der Waals surface area contributed by atoms with E-state index >= 15 is 0 Å². The average molecular weight is 268 g/mol. The zero-order valence-electron chi connectivity index (χ0n) is 10.6. The van der Waals surface area contributed by atoms with E-state index in [1.165, 1.54) is 25.3 Å². The molecule has 4 nitrogen and oxygen atoms in total. The van der Waals surface area contributed by atoms with E-state index in [9.17, 15) is 8.42 Å². The van der Waals surface area contributed by atoms with E-state index < -0.39 is 10.0 Å². The third-order valence-electron chi connectivity index (χ3n) is 3.66. The Morgan fingerprint density at radius 3 is 2.78 bits per heavy atom. The molecule has 3 N–H and O–H groups in total. The number of nitrogens with one attached hydrogen (secondary N) is 1. The van der Waals surface area contributed by atoms with Crippen LogP contribution >= 0.6 is 0 Å². The largest absolute Gasteiger partial charge is 0.310 e. The molecule has 1 aliphatic rings. The fraction of sp³-hybridized carbons (Fsp3) is 0.538. The van der Waals surface area contributed by atoms with Crippen LogP contribution in [0.15, 0.2) is 29.2 Å². The number of hydrogen-bond acceptors (Lipinski definition) is 3. The summed E-state index contributed by atoms with van der Waals surface area (Å²) in [6, 6.07) is 7.36. The predicted octanol–water partition coefficient (Wildman–Crippen LogP) is 1.61. The molecule has 0 spiro atoms. The lowest BCUT2D eigenvalue weighted by molar-refractivity contribution is 0.426. The topological polar surface area (TPSA) is 72.2 Å². The van der Waals surface area contributed by atoms with Gasteiger partial charge in [-0.1, -0.05) is 25.5 Å². The van der Waals surface area contributed by atoms with Gasteiger partial charge in [0.05, 0.1) is 4.90 Å². The summed E-state index contributed by atoms with van der Waals surface area (Å²) >= 11 is 0. The normalized spacial score (nSPS) is 24.3. The molecule has 1 aliphatic carbocycles. The molecule has 5 heteroatoms. The molecule has 0 amide bonds. The number of primary sulfonamides is 1. The highest BCUT2D eigenvalue weighted by Crippen LogP contribution is 2.25. The summed E-state index contributed by atoms with van der Waals surface area (Å²) in [6.45, 7) is 2.95. The molecule has 2 unspecified atom stereocenters. The van der Waals surface area contributed by atoms with E-state index in [-0.39, 0.29) is 4.90 Å². The van der Waals surface area contributed by atoms with E-state index in [1.807, 2.05) is 6.07 Å². The summed E-state index contributed by atoms with van der Waals surface area (Å²) in [4.78, 5) is 0.182. The maximum atomic E-state index is 11.3. The predicted molar refractivity (Wildman–Crippen MR) is 71.5 cm³/mol. The molecular weight excluding hydrogens is 248 g/mol. The molecule has 0 saturated heterocycles. The molecule has 0 bridgehead atoms. The number of hydrogen-bond donors (Lipinski definition) is 2. The molecule has 0 aliphatic heterocycles. The molecule has 1 aromatic rings. The van der Waals surface area contributed by atoms with Crippen LogP contribution < -0.4 is 10.5 Å². The molecular formula is C13H20N2O2S. The smallest absolute Gasteiger partial charge is 0.238 e. The number of nitrogens with two attached hydrogens (primary N) is 1. The van der Waals surface area contributed by atoms with E-state index in [4.69, 9.17) is 5.14 Å². The van der Waals surface area contributed by atoms with Gasteiger partial charge in [-0.3, -0.25) is 0 Å². The second-order valence-corrected chi connectivity index (χ2v) is 6.65. The molecule has 2 atom stereocenters. The van der Waals surface area contributed by atoms with Crippen molar-refractivity contribution in [2.75, 3.05) is 0 Å². The minimum absolute atomic E-state index is 0.182. The minimum atomic E-state index is -3.60. The van der Waals surface area contributed by atoms with E-state index in [0.29, 0.717) is 18.5 Å². The van der Waals surface area contributed by atoms with Crippen molar-refractivity contribution in [3.63, 3.8) is 0 Å². The van der Waals surface area contributed by atoms with Crippen molar-refractivity contribution in [1.82, 2.24) is 5.32 Å². The van der Waals surface area contributed by atoms with Gasteiger partial charge in [0.1, 0.15) is 0 Å². The van der Waals surface area contributed by atoms with Crippen LogP contribution in [0.25, 0.3) is 0 Å². The van der Waals surface area contributed by atoms with Crippen molar-refractivity contribution in [3.05, 3.63) is 29.8 Å². The van der Waals surface area contributed by atoms with Crippen LogP contribution in [0.2, 0.25) is 0 Å². The molecule has 18 heavy (non-hydrogen) atoms. The molecule has 1 aromatic carbocycles. The zero-order chi connectivity index (χ0) is 13.2. The van der Waals surface area contributed by atoms with Crippen LogP contribution in [0.1, 0.15) is 31.7 Å². The lowest BCUT2D eigenvalue weighted by atomic mass is 10.1. The maximum Gasteiger partial charge on any atom is 0.238 e. The molecule has 100 valence electrons. The number of sulfonamides is 1. The molecule has 0 aromatic heterocycles. The van der Waals surface area contributed by atoms with Crippen molar-refractivity contribution in [3.8, 4) is 0 Å². The van der Waals surface area contributed by atoms with E-state index in [0.717, 1.165) is 5.56 Å².